The van der Waals surface area contributed by atoms with Gasteiger partial charge in [0.2, 0.25) is 0 Å². The van der Waals surface area contributed by atoms with Gasteiger partial charge in [-0.25, -0.2) is 4.99 Å². The van der Waals surface area contributed by atoms with E-state index in [0.717, 1.165) is 17.0 Å². The molecule has 0 bridgehead atoms. The third-order valence-corrected chi connectivity index (χ3v) is 3.30. The maximum Gasteiger partial charge on any atom is 0.193 e. The van der Waals surface area contributed by atoms with Gasteiger partial charge in [-0.1, -0.05) is 24.3 Å². The smallest absolute Gasteiger partial charge is 0.193 e. The van der Waals surface area contributed by atoms with Crippen molar-refractivity contribution in [1.29, 1.82) is 0 Å². The molecule has 24 heavy (non-hydrogen) atoms. The van der Waals surface area contributed by atoms with Crippen molar-refractivity contribution in [1.82, 2.24) is 0 Å². The summed E-state index contributed by atoms with van der Waals surface area (Å²) in [4.78, 5) is 4.42. The molecule has 2 aromatic carbocycles. The van der Waals surface area contributed by atoms with Crippen LogP contribution in [0.2, 0.25) is 0 Å². The number of rotatable bonds is 5. The van der Waals surface area contributed by atoms with Crippen LogP contribution < -0.4 is 15.8 Å². The molecule has 0 aliphatic heterocycles. The van der Waals surface area contributed by atoms with Crippen molar-refractivity contribution < 1.29 is 4.74 Å². The van der Waals surface area contributed by atoms with Crippen molar-refractivity contribution in [3.63, 3.8) is 0 Å². The number of hydrogen-bond donors (Lipinski definition) is 2. The highest BCUT2D eigenvalue weighted by Gasteiger charge is 2.06. The molecule has 4 nitrogen and oxygen atoms in total. The van der Waals surface area contributed by atoms with Gasteiger partial charge in [-0.05, 0) is 57.0 Å². The molecule has 0 atom stereocenters. The van der Waals surface area contributed by atoms with Crippen LogP contribution in [0.15, 0.2) is 47.5 Å². The second-order valence-corrected chi connectivity index (χ2v) is 5.97. The minimum Gasteiger partial charge on any atom is -0.491 e. The third-order valence-electron chi connectivity index (χ3n) is 3.30. The van der Waals surface area contributed by atoms with Gasteiger partial charge in [-0.3, -0.25) is 0 Å². The Balaban J connectivity index is 0.00000288. The van der Waals surface area contributed by atoms with Crippen LogP contribution in [0.1, 0.15) is 30.5 Å². The first-order valence-electron chi connectivity index (χ1n) is 7.84. The molecule has 0 saturated heterocycles. The van der Waals surface area contributed by atoms with Gasteiger partial charge in [0.25, 0.3) is 0 Å². The first-order chi connectivity index (χ1) is 10.9. The fourth-order valence-corrected chi connectivity index (χ4v) is 2.24. The van der Waals surface area contributed by atoms with E-state index < -0.39 is 0 Å². The Morgan fingerprint density at radius 1 is 1.12 bits per heavy atom. The molecule has 0 aliphatic rings. The van der Waals surface area contributed by atoms with Crippen molar-refractivity contribution >= 4 is 35.6 Å². The van der Waals surface area contributed by atoms with Crippen LogP contribution in [0.25, 0.3) is 0 Å². The summed E-state index contributed by atoms with van der Waals surface area (Å²) in [6.07, 6.45) is 0.127. The number of hydrogen-bond acceptors (Lipinski definition) is 2. The zero-order valence-corrected chi connectivity index (χ0v) is 17.0. The lowest BCUT2D eigenvalue weighted by molar-refractivity contribution is 0.240. The van der Waals surface area contributed by atoms with E-state index in [0.29, 0.717) is 12.5 Å². The summed E-state index contributed by atoms with van der Waals surface area (Å²) in [5.74, 6) is 1.26. The summed E-state index contributed by atoms with van der Waals surface area (Å²) in [7, 11) is 0. The SMILES string of the molecule is Cc1cccc(NC(N)=NCc2ccc(C)cc2OC(C)C)c1.I. The number of nitrogens with two attached hydrogens (primary N) is 1. The number of benzene rings is 2. The summed E-state index contributed by atoms with van der Waals surface area (Å²) in [5.41, 5.74) is 10.3. The molecular weight excluding hydrogens is 413 g/mol. The highest BCUT2D eigenvalue weighted by Crippen LogP contribution is 2.22. The molecule has 0 aromatic heterocycles. The molecule has 0 aliphatic carbocycles. The molecule has 0 saturated carbocycles. The predicted octanol–water partition coefficient (Wildman–Crippen LogP) is 4.64. The van der Waals surface area contributed by atoms with E-state index in [2.05, 4.69) is 16.4 Å². The Kier molecular flexibility index (Phi) is 8.04. The van der Waals surface area contributed by atoms with Crippen molar-refractivity contribution in [3.05, 3.63) is 59.2 Å². The zero-order chi connectivity index (χ0) is 16.8. The number of aliphatic imine (C=N–C) groups is 1. The quantitative estimate of drug-likeness (QED) is 0.406. The van der Waals surface area contributed by atoms with E-state index in [9.17, 15) is 0 Å². The Hall–Kier alpha value is -1.76. The fraction of sp³-hybridized carbons (Fsp3) is 0.316. The van der Waals surface area contributed by atoms with Crippen LogP contribution in [-0.4, -0.2) is 12.1 Å². The summed E-state index contributed by atoms with van der Waals surface area (Å²) < 4.78 is 5.86. The van der Waals surface area contributed by atoms with Crippen LogP contribution in [0.3, 0.4) is 0 Å². The van der Waals surface area contributed by atoms with Gasteiger partial charge in [0.1, 0.15) is 5.75 Å². The monoisotopic (exact) mass is 439 g/mol. The maximum absolute atomic E-state index is 5.98. The molecular formula is C19H26IN3O. The minimum atomic E-state index is 0. The second kappa shape index (κ2) is 9.52. The fourth-order valence-electron chi connectivity index (χ4n) is 2.24. The average molecular weight is 439 g/mol. The largest absolute Gasteiger partial charge is 0.491 e. The molecule has 0 unspecified atom stereocenters. The molecule has 2 aromatic rings. The van der Waals surface area contributed by atoms with Gasteiger partial charge in [-0.2, -0.15) is 0 Å². The van der Waals surface area contributed by atoms with Gasteiger partial charge in [0, 0.05) is 11.3 Å². The number of anilines is 1. The van der Waals surface area contributed by atoms with Gasteiger partial charge < -0.3 is 15.8 Å². The summed E-state index contributed by atoms with van der Waals surface area (Å²) in [6, 6.07) is 14.2. The highest BCUT2D eigenvalue weighted by atomic mass is 127. The Morgan fingerprint density at radius 2 is 1.83 bits per heavy atom. The molecule has 0 radical (unpaired) electrons. The van der Waals surface area contributed by atoms with Crippen LogP contribution in [0.4, 0.5) is 5.69 Å². The first kappa shape index (κ1) is 20.3. The molecule has 0 fully saturated rings. The predicted molar refractivity (Wildman–Crippen MR) is 112 cm³/mol. The van der Waals surface area contributed by atoms with Gasteiger partial charge in [-0.15, -0.1) is 24.0 Å². The summed E-state index contributed by atoms with van der Waals surface area (Å²) >= 11 is 0. The van der Waals surface area contributed by atoms with E-state index in [1.165, 1.54) is 11.1 Å². The number of nitrogens with one attached hydrogen (secondary N) is 1. The molecule has 2 rings (SSSR count). The average Bonchev–Trinajstić information content (AvgIpc) is 2.45. The Bertz CT molecular complexity index is 699. The molecule has 130 valence electrons. The Labute approximate surface area is 161 Å². The van der Waals surface area contributed by atoms with Crippen LogP contribution >= 0.6 is 24.0 Å². The van der Waals surface area contributed by atoms with Crippen molar-refractivity contribution in [3.8, 4) is 5.75 Å². The number of ether oxygens (including phenoxy) is 1. The Morgan fingerprint density at radius 3 is 2.50 bits per heavy atom. The van der Waals surface area contributed by atoms with E-state index >= 15 is 0 Å². The van der Waals surface area contributed by atoms with Gasteiger partial charge >= 0.3 is 0 Å². The van der Waals surface area contributed by atoms with Gasteiger partial charge in [0.05, 0.1) is 12.6 Å². The topological polar surface area (TPSA) is 59.6 Å². The molecule has 0 amide bonds. The standard InChI is InChI=1S/C19H25N3O.HI/c1-13(2)23-18-11-15(4)8-9-16(18)12-21-19(20)22-17-7-5-6-14(3)10-17;/h5-11,13H,12H2,1-4H3,(H3,20,21,22);1H. The van der Waals surface area contributed by atoms with E-state index in [-0.39, 0.29) is 30.1 Å². The molecule has 5 heteroatoms. The minimum absolute atomic E-state index is 0. The number of guanidine groups is 1. The van der Waals surface area contributed by atoms with Crippen molar-refractivity contribution in [2.75, 3.05) is 5.32 Å². The van der Waals surface area contributed by atoms with E-state index in [1.807, 2.05) is 64.1 Å². The normalized spacial score (nSPS) is 11.1. The summed E-state index contributed by atoms with van der Waals surface area (Å²) in [5, 5.41) is 3.11. The summed E-state index contributed by atoms with van der Waals surface area (Å²) in [6.45, 7) is 8.60. The van der Waals surface area contributed by atoms with Crippen molar-refractivity contribution in [2.24, 2.45) is 10.7 Å². The number of aryl methyl sites for hydroxylation is 2. The molecule has 0 spiro atoms. The lowest BCUT2D eigenvalue weighted by Crippen LogP contribution is -2.22. The molecule has 0 heterocycles. The number of halogens is 1. The lowest BCUT2D eigenvalue weighted by Gasteiger charge is -2.14. The van der Waals surface area contributed by atoms with Crippen LogP contribution in [0, 0.1) is 13.8 Å². The van der Waals surface area contributed by atoms with Crippen LogP contribution in [0.5, 0.6) is 5.75 Å². The van der Waals surface area contributed by atoms with Gasteiger partial charge in [0.15, 0.2) is 5.96 Å². The highest BCUT2D eigenvalue weighted by molar-refractivity contribution is 14.0. The second-order valence-electron chi connectivity index (χ2n) is 5.97. The van der Waals surface area contributed by atoms with E-state index in [4.69, 9.17) is 10.5 Å². The molecule has 3 N–H and O–H groups in total. The number of nitrogens with zero attached hydrogens (tertiary/aromatic N) is 1. The lowest BCUT2D eigenvalue weighted by atomic mass is 10.1. The zero-order valence-electron chi connectivity index (χ0n) is 14.7. The first-order valence-corrected chi connectivity index (χ1v) is 7.84. The van der Waals surface area contributed by atoms with Crippen LogP contribution in [-0.2, 0) is 6.54 Å². The maximum atomic E-state index is 5.98. The van der Waals surface area contributed by atoms with E-state index in [1.54, 1.807) is 0 Å². The van der Waals surface area contributed by atoms with Crippen molar-refractivity contribution in [2.45, 2.75) is 40.3 Å². The third kappa shape index (κ3) is 6.39.